The average molecular weight is 205 g/mol. The van der Waals surface area contributed by atoms with E-state index in [0.29, 0.717) is 6.04 Å². The molecular formula is C10H23NO3. The van der Waals surface area contributed by atoms with Crippen LogP contribution in [-0.4, -0.2) is 58.3 Å². The lowest BCUT2D eigenvalue weighted by Gasteiger charge is -2.29. The molecule has 0 aromatic rings. The van der Waals surface area contributed by atoms with E-state index in [1.807, 2.05) is 0 Å². The van der Waals surface area contributed by atoms with Gasteiger partial charge in [0.2, 0.25) is 0 Å². The molecule has 4 heteroatoms. The monoisotopic (exact) mass is 205 g/mol. The van der Waals surface area contributed by atoms with Gasteiger partial charge in [0.1, 0.15) is 0 Å². The third-order valence-corrected chi connectivity index (χ3v) is 2.35. The summed E-state index contributed by atoms with van der Waals surface area (Å²) in [7, 11) is 5.03. The molecule has 0 N–H and O–H groups in total. The summed E-state index contributed by atoms with van der Waals surface area (Å²) in [4.78, 5) is 2.27. The van der Waals surface area contributed by atoms with E-state index >= 15 is 0 Å². The quantitative estimate of drug-likeness (QED) is 0.552. The van der Waals surface area contributed by atoms with Gasteiger partial charge >= 0.3 is 0 Å². The molecule has 0 amide bonds. The molecule has 0 aliphatic carbocycles. The van der Waals surface area contributed by atoms with Gasteiger partial charge in [-0.05, 0) is 13.5 Å². The van der Waals surface area contributed by atoms with Crippen molar-refractivity contribution in [1.29, 1.82) is 0 Å². The zero-order valence-electron chi connectivity index (χ0n) is 9.95. The molecular weight excluding hydrogens is 182 g/mol. The van der Waals surface area contributed by atoms with E-state index in [1.165, 1.54) is 0 Å². The number of methoxy groups -OCH3 is 3. The number of hydrogen-bond donors (Lipinski definition) is 0. The highest BCUT2D eigenvalue weighted by Gasteiger charge is 2.16. The summed E-state index contributed by atoms with van der Waals surface area (Å²) in [6, 6.07) is 0.387. The van der Waals surface area contributed by atoms with Crippen molar-refractivity contribution in [2.75, 3.05) is 41.0 Å². The Labute approximate surface area is 87.1 Å². The predicted molar refractivity (Wildman–Crippen MR) is 56.4 cm³/mol. The van der Waals surface area contributed by atoms with Crippen molar-refractivity contribution in [3.8, 4) is 0 Å². The van der Waals surface area contributed by atoms with Gasteiger partial charge in [-0.25, -0.2) is 0 Å². The molecule has 86 valence electrons. The van der Waals surface area contributed by atoms with Gasteiger partial charge in [-0.1, -0.05) is 6.92 Å². The van der Waals surface area contributed by atoms with E-state index in [0.717, 1.165) is 19.7 Å². The first-order chi connectivity index (χ1) is 6.69. The van der Waals surface area contributed by atoms with Crippen LogP contribution in [0.5, 0.6) is 0 Å². The van der Waals surface area contributed by atoms with E-state index in [4.69, 9.17) is 14.2 Å². The van der Waals surface area contributed by atoms with Gasteiger partial charge in [-0.2, -0.15) is 0 Å². The van der Waals surface area contributed by atoms with Crippen molar-refractivity contribution in [2.24, 2.45) is 0 Å². The lowest BCUT2D eigenvalue weighted by molar-refractivity contribution is -0.121. The molecule has 0 fully saturated rings. The van der Waals surface area contributed by atoms with E-state index < -0.39 is 0 Å². The van der Waals surface area contributed by atoms with Crippen LogP contribution in [0.15, 0.2) is 0 Å². The van der Waals surface area contributed by atoms with Crippen LogP contribution < -0.4 is 0 Å². The molecule has 0 saturated heterocycles. The van der Waals surface area contributed by atoms with Gasteiger partial charge in [0.15, 0.2) is 6.29 Å². The highest BCUT2D eigenvalue weighted by molar-refractivity contribution is 4.66. The molecule has 0 aromatic heterocycles. The van der Waals surface area contributed by atoms with Crippen molar-refractivity contribution < 1.29 is 14.2 Å². The highest BCUT2D eigenvalue weighted by Crippen LogP contribution is 2.03. The van der Waals surface area contributed by atoms with Crippen LogP contribution in [0.2, 0.25) is 0 Å². The van der Waals surface area contributed by atoms with Gasteiger partial charge in [-0.15, -0.1) is 0 Å². The van der Waals surface area contributed by atoms with E-state index in [9.17, 15) is 0 Å². The number of ether oxygens (including phenoxy) is 3. The number of likely N-dealkylation sites (N-methyl/N-ethyl adjacent to an activating group) is 1. The van der Waals surface area contributed by atoms with Crippen LogP contribution in [0, 0.1) is 0 Å². The molecule has 0 aromatic carbocycles. The van der Waals surface area contributed by atoms with E-state index in [-0.39, 0.29) is 6.29 Å². The topological polar surface area (TPSA) is 30.9 Å². The van der Waals surface area contributed by atoms with Gasteiger partial charge in [0.25, 0.3) is 0 Å². The fourth-order valence-electron chi connectivity index (χ4n) is 1.40. The Morgan fingerprint density at radius 3 is 2.07 bits per heavy atom. The van der Waals surface area contributed by atoms with Gasteiger partial charge in [-0.3, -0.25) is 4.90 Å². The summed E-state index contributed by atoms with van der Waals surface area (Å²) >= 11 is 0. The molecule has 0 rings (SSSR count). The molecule has 1 unspecified atom stereocenters. The molecule has 0 aliphatic heterocycles. The second-order valence-corrected chi connectivity index (χ2v) is 3.29. The zero-order chi connectivity index (χ0) is 11.0. The lowest BCUT2D eigenvalue weighted by Crippen LogP contribution is -2.42. The van der Waals surface area contributed by atoms with Gasteiger partial charge < -0.3 is 14.2 Å². The number of nitrogens with zero attached hydrogens (tertiary/aromatic N) is 1. The first kappa shape index (κ1) is 13.8. The normalized spacial score (nSPS) is 13.9. The Balaban J connectivity index is 3.98. The molecule has 1 atom stereocenters. The van der Waals surface area contributed by atoms with Crippen molar-refractivity contribution in [3.05, 3.63) is 0 Å². The van der Waals surface area contributed by atoms with Gasteiger partial charge in [0, 0.05) is 33.9 Å². The SMILES string of the molecule is CCN(CC(OC)OC)C(C)COC. The molecule has 14 heavy (non-hydrogen) atoms. The fraction of sp³-hybridized carbons (Fsp3) is 1.00. The summed E-state index contributed by atoms with van der Waals surface area (Å²) in [5.74, 6) is 0. The maximum Gasteiger partial charge on any atom is 0.169 e. The van der Waals surface area contributed by atoms with E-state index in [1.54, 1.807) is 21.3 Å². The van der Waals surface area contributed by atoms with Gasteiger partial charge in [0.05, 0.1) is 6.61 Å². The Hall–Kier alpha value is -0.160. The number of hydrogen-bond acceptors (Lipinski definition) is 4. The largest absolute Gasteiger partial charge is 0.383 e. The van der Waals surface area contributed by atoms with Crippen LogP contribution in [0.3, 0.4) is 0 Å². The summed E-state index contributed by atoms with van der Waals surface area (Å²) in [6.45, 7) is 6.72. The highest BCUT2D eigenvalue weighted by atomic mass is 16.7. The standard InChI is InChI=1S/C10H23NO3/c1-6-11(9(2)8-12-3)7-10(13-4)14-5/h9-10H,6-8H2,1-5H3. The minimum Gasteiger partial charge on any atom is -0.383 e. The summed E-state index contributed by atoms with van der Waals surface area (Å²) in [5, 5.41) is 0. The minimum absolute atomic E-state index is 0.158. The molecule has 0 saturated carbocycles. The second kappa shape index (κ2) is 8.17. The Bertz CT molecular complexity index is 129. The summed E-state index contributed by atoms with van der Waals surface area (Å²) in [5.41, 5.74) is 0. The number of rotatable bonds is 8. The third kappa shape index (κ3) is 4.91. The second-order valence-electron chi connectivity index (χ2n) is 3.29. The Morgan fingerprint density at radius 2 is 1.71 bits per heavy atom. The molecule has 4 nitrogen and oxygen atoms in total. The third-order valence-electron chi connectivity index (χ3n) is 2.35. The van der Waals surface area contributed by atoms with Crippen molar-refractivity contribution in [3.63, 3.8) is 0 Å². The summed E-state index contributed by atoms with van der Waals surface area (Å²) in [6.07, 6.45) is -0.158. The Kier molecular flexibility index (Phi) is 8.08. The lowest BCUT2D eigenvalue weighted by atomic mass is 10.3. The molecule has 0 spiro atoms. The van der Waals surface area contributed by atoms with E-state index in [2.05, 4.69) is 18.7 Å². The van der Waals surface area contributed by atoms with Crippen molar-refractivity contribution in [1.82, 2.24) is 4.90 Å². The van der Waals surface area contributed by atoms with Crippen LogP contribution in [0.1, 0.15) is 13.8 Å². The van der Waals surface area contributed by atoms with Crippen molar-refractivity contribution in [2.45, 2.75) is 26.2 Å². The molecule has 0 aliphatic rings. The molecule has 0 heterocycles. The fourth-order valence-corrected chi connectivity index (χ4v) is 1.40. The smallest absolute Gasteiger partial charge is 0.169 e. The molecule has 0 radical (unpaired) electrons. The molecule has 0 bridgehead atoms. The minimum atomic E-state index is -0.158. The van der Waals surface area contributed by atoms with Crippen molar-refractivity contribution >= 4 is 0 Å². The predicted octanol–water partition coefficient (Wildman–Crippen LogP) is 0.962. The van der Waals surface area contributed by atoms with Crippen LogP contribution in [0.4, 0.5) is 0 Å². The van der Waals surface area contributed by atoms with Crippen LogP contribution in [0.25, 0.3) is 0 Å². The summed E-state index contributed by atoms with van der Waals surface area (Å²) < 4.78 is 15.4. The maximum absolute atomic E-state index is 5.16. The van der Waals surface area contributed by atoms with Crippen LogP contribution in [-0.2, 0) is 14.2 Å². The zero-order valence-corrected chi connectivity index (χ0v) is 9.95. The van der Waals surface area contributed by atoms with Crippen LogP contribution >= 0.6 is 0 Å². The Morgan fingerprint density at radius 1 is 1.14 bits per heavy atom. The first-order valence-corrected chi connectivity index (χ1v) is 4.98. The maximum atomic E-state index is 5.16. The average Bonchev–Trinajstić information content (AvgIpc) is 2.20. The first-order valence-electron chi connectivity index (χ1n) is 4.98.